The molecule has 0 unspecified atom stereocenters. The molecule has 0 atom stereocenters. The van der Waals surface area contributed by atoms with Crippen LogP contribution < -0.4 is 146 Å². The van der Waals surface area contributed by atoms with Crippen LogP contribution in [0.5, 0.6) is 0 Å². The first-order valence-corrected chi connectivity index (χ1v) is 42.5. The van der Waals surface area contributed by atoms with Gasteiger partial charge in [-0.05, 0) is 199 Å². The predicted molar refractivity (Wildman–Crippen MR) is 472 cm³/mol. The molecule has 3 aliphatic carbocycles. The number of carbonyl (C=O) groups is 3. The molecule has 0 spiro atoms. The standard InChI is InChI=1S/C22H24N4OS.C18H15P.C14H19BrN4S.C8H7BO3.C8H18N2.C6H2BrClN2S.2C2H4O2.CH3F.CH2O3.2K.Pd.H/c1-26(2)16-9-7-15(8-10-16)25-21-20-17(12-28-22(20)24-13-23-21)19-11-14-5-3-4-6-18(14)27-19;1-4-10-16(11-5-1)19(17-12-6-2-7-13-17)18-14-8-3-9-15-18;1-19(2)10-5-3-9(4-6-10)18-13-12-11(15)7-20-14(12)17-8-16-13;10-9(11)8-5-6-3-1-2-4-7(6)12-8;1-10(2)8-5-3-7(9)4-6-8;7-3-1-11-6-4(3)5(8)9-2-10-6;2*1-2(3)4;1-2;2-1-4-3;;;;/h3-6,11-13,15-16H,7-10H2,1-2H3,(H,23,24,25);1-15H;7-10H,3-6H2,1-2H3,(H,16,17,18);1-5,10-11H;7-8H,3-6,9H2,1-2H3;1-2H;2*1H3,(H,3,4);1H3;1,3H;;;;/q;;;;;;;;;;2*+1;;-1/p-1/i;;;;;;;;1D;;;;;. The number of thiophene rings is 3. The van der Waals surface area contributed by atoms with Crippen LogP contribution in [0.25, 0.3) is 63.9 Å². The van der Waals surface area contributed by atoms with Gasteiger partial charge < -0.3 is 71.7 Å². The summed E-state index contributed by atoms with van der Waals surface area (Å²) in [5.41, 5.74) is 8.60. The van der Waals surface area contributed by atoms with Gasteiger partial charge in [0.25, 0.3) is 18.4 Å². The number of halogens is 4. The van der Waals surface area contributed by atoms with Crippen LogP contribution in [0.15, 0.2) is 205 Å². The summed E-state index contributed by atoms with van der Waals surface area (Å²) in [6, 6.07) is 55.2. The molecule has 16 rings (SSSR count). The van der Waals surface area contributed by atoms with Gasteiger partial charge in [-0.3, -0.25) is 18.8 Å². The fourth-order valence-corrected chi connectivity index (χ4v) is 19.5. The van der Waals surface area contributed by atoms with E-state index in [0.717, 1.165) is 105 Å². The molecular formula is C82H98BBr2ClFK2N12O11PPdS3. The van der Waals surface area contributed by atoms with Crippen molar-refractivity contribution in [3.05, 3.63) is 201 Å². The molecule has 3 aliphatic rings. The Hall–Kier alpha value is -4.36. The molecule has 0 radical (unpaired) electrons. The van der Waals surface area contributed by atoms with Crippen molar-refractivity contribution in [2.45, 2.75) is 127 Å². The van der Waals surface area contributed by atoms with E-state index < -0.39 is 34.1 Å². The number of hydrogen-bond acceptors (Lipinski definition) is 24. The van der Waals surface area contributed by atoms with Gasteiger partial charge in [0.2, 0.25) is 0 Å². The SMILES string of the molecule is CC(=O)O.CC(=O)O.CN(C)C1CCC(N)CC1.CN(C)C1CCC(Nc2ncnc3scc(-c4cc5ccccc5o4)c23)CC1.CN(C)C1CCC(Nc2ncnc3scc(Br)c23)CC1.Clc1ncnc2scc(Br)c12.O=CO[O-].OB(O)c1cc2ccccc2o1.[2H]CF.[H-].[K+].[K+].[Pd].c1ccc(P(c2ccccc2)c2ccccc2)cc1. The van der Waals surface area contributed by atoms with E-state index in [0.29, 0.717) is 34.9 Å². The van der Waals surface area contributed by atoms with E-state index in [9.17, 15) is 4.39 Å². The number of alkyl halides is 1. The molecule has 8 N–H and O–H groups in total. The van der Waals surface area contributed by atoms with E-state index in [-0.39, 0.29) is 137 Å². The Morgan fingerprint density at radius 3 is 1.32 bits per heavy atom. The number of nitrogens with zero attached hydrogens (tertiary/aromatic N) is 9. The zero-order valence-corrected chi connectivity index (χ0v) is 82.0. The normalized spacial score (nSPS) is 16.4. The number of carboxylic acids is 2. The first-order chi connectivity index (χ1) is 55.3. The van der Waals surface area contributed by atoms with Gasteiger partial charge in [-0.2, -0.15) is 0 Å². The average Bonchev–Trinajstić information content (AvgIpc) is 1.63. The molecule has 117 heavy (non-hydrogen) atoms. The van der Waals surface area contributed by atoms with Crippen molar-refractivity contribution in [3.63, 3.8) is 0 Å². The summed E-state index contributed by atoms with van der Waals surface area (Å²) in [5.74, 6) is 1.10. The third-order valence-electron chi connectivity index (χ3n) is 18.5. The van der Waals surface area contributed by atoms with E-state index in [2.05, 4.69) is 248 Å². The van der Waals surface area contributed by atoms with Crippen LogP contribution in [0.2, 0.25) is 5.15 Å². The number of fused-ring (bicyclic) bond motifs is 5. The summed E-state index contributed by atoms with van der Waals surface area (Å²) in [6.45, 7) is 1.99. The van der Waals surface area contributed by atoms with Gasteiger partial charge in [0.1, 0.15) is 72.8 Å². The van der Waals surface area contributed by atoms with Crippen LogP contribution in [0.3, 0.4) is 0 Å². The van der Waals surface area contributed by atoms with Crippen molar-refractivity contribution in [3.8, 4) is 11.3 Å². The number of furan rings is 2. The van der Waals surface area contributed by atoms with Crippen molar-refractivity contribution in [1.82, 2.24) is 44.6 Å². The molecule has 8 aromatic heterocycles. The molecule has 618 valence electrons. The minimum atomic E-state index is -1.53. The molecule has 0 saturated heterocycles. The molecule has 0 aliphatic heterocycles. The number of para-hydroxylation sites is 2. The number of nitrogens with two attached hydrogens (primary N) is 1. The Kier molecular flexibility index (Phi) is 49.8. The molecule has 0 amide bonds. The van der Waals surface area contributed by atoms with Crippen LogP contribution in [0.4, 0.5) is 16.0 Å². The first kappa shape index (κ1) is 103. The van der Waals surface area contributed by atoms with Gasteiger partial charge in [0, 0.05) is 112 Å². The van der Waals surface area contributed by atoms with E-state index in [1.807, 2.05) is 41.8 Å². The topological polar surface area (TPSA) is 328 Å². The van der Waals surface area contributed by atoms with E-state index >= 15 is 0 Å². The minimum absolute atomic E-state index is 0. The molecule has 8 heterocycles. The third-order valence-corrected chi connectivity index (χ3v) is 25.7. The van der Waals surface area contributed by atoms with Gasteiger partial charge in [-0.1, -0.05) is 139 Å². The van der Waals surface area contributed by atoms with Gasteiger partial charge in [0.15, 0.2) is 0 Å². The van der Waals surface area contributed by atoms with Crippen molar-refractivity contribution in [2.24, 2.45) is 5.73 Å². The minimum Gasteiger partial charge on any atom is -1.00 e. The maximum absolute atomic E-state index is 9.96. The number of carbonyl (C=O) groups excluding carboxylic acids is 1. The van der Waals surface area contributed by atoms with E-state index in [4.69, 9.17) is 67.4 Å². The quantitative estimate of drug-likeness (QED) is 0.0141. The summed E-state index contributed by atoms with van der Waals surface area (Å²) in [4.78, 5) is 65.0. The second-order valence-corrected chi connectivity index (χ2v) is 33.9. The van der Waals surface area contributed by atoms with Crippen molar-refractivity contribution < 1.29 is 184 Å². The molecule has 35 heteroatoms. The Morgan fingerprint density at radius 1 is 0.590 bits per heavy atom. The number of aliphatic carboxylic acids is 2. The molecule has 23 nitrogen and oxygen atoms in total. The van der Waals surface area contributed by atoms with Gasteiger partial charge in [-0.15, -0.1) is 34.0 Å². The van der Waals surface area contributed by atoms with Crippen LogP contribution in [-0.4, -0.2) is 176 Å². The maximum atomic E-state index is 9.96. The van der Waals surface area contributed by atoms with Crippen molar-refractivity contribution in [2.75, 3.05) is 60.1 Å². The molecule has 3 saturated carbocycles. The van der Waals surface area contributed by atoms with E-state index in [1.54, 1.807) is 58.8 Å². The molecular weight excluding hydrogens is 1870 g/mol. The Morgan fingerprint density at radius 2 is 0.932 bits per heavy atom. The maximum Gasteiger partial charge on any atom is 1.00 e. The smallest absolute Gasteiger partial charge is 1.00 e. The fourth-order valence-electron chi connectivity index (χ4n) is 12.8. The Bertz CT molecular complexity index is 4860. The molecule has 5 aromatic carbocycles. The van der Waals surface area contributed by atoms with Crippen molar-refractivity contribution in [1.29, 1.82) is 0 Å². The monoisotopic (exact) mass is 1960 g/mol. The number of rotatable bonds is 13. The zero-order valence-electron chi connectivity index (χ0n) is 69.0. The average molecular weight is 1970 g/mol. The second-order valence-electron chi connectivity index (χ2n) is 27.0. The molecule has 3 fully saturated rings. The number of anilines is 2. The number of carboxylic acid groups (broad SMARTS) is 2. The summed E-state index contributed by atoms with van der Waals surface area (Å²) >= 11 is 17.6. The number of hydrogen-bond donors (Lipinski definition) is 7. The third kappa shape index (κ3) is 34.4. The van der Waals surface area contributed by atoms with Crippen LogP contribution >= 0.6 is 85.4 Å². The summed E-state index contributed by atoms with van der Waals surface area (Å²) in [6.07, 6.45) is 19.5. The Labute approximate surface area is 819 Å². The van der Waals surface area contributed by atoms with Crippen LogP contribution in [0, 0.1) is 0 Å². The van der Waals surface area contributed by atoms with E-state index in [1.165, 1.54) is 99.3 Å². The zero-order chi connectivity index (χ0) is 83.3. The number of benzene rings is 5. The van der Waals surface area contributed by atoms with Gasteiger partial charge in [0.05, 0.1) is 24.7 Å². The Balaban J connectivity index is 0.000000364. The van der Waals surface area contributed by atoms with Crippen LogP contribution in [0.1, 0.15) is 93.7 Å². The summed E-state index contributed by atoms with van der Waals surface area (Å²) in [7, 11) is 10.0. The number of nitrogens with one attached hydrogen (secondary N) is 2. The predicted octanol–water partition coefficient (Wildman–Crippen LogP) is 9.93. The first-order valence-electron chi connectivity index (χ1n) is 37.2. The second kappa shape index (κ2) is 56.4. The molecule has 13 aromatic rings. The number of aromatic nitrogens is 6. The fraction of sp³-hybridized carbons (Fsp3) is 0.329. The van der Waals surface area contributed by atoms with Gasteiger partial charge >= 0.3 is 110 Å². The van der Waals surface area contributed by atoms with Crippen molar-refractivity contribution >= 4 is 197 Å². The largest absolute Gasteiger partial charge is 1.00 e. The molecule has 0 bridgehead atoms. The summed E-state index contributed by atoms with van der Waals surface area (Å²) < 4.78 is 28.8. The summed E-state index contributed by atoms with van der Waals surface area (Å²) in [5, 5.41) is 64.1. The van der Waals surface area contributed by atoms with Crippen LogP contribution in [-0.2, 0) is 39.7 Å². The van der Waals surface area contributed by atoms with Gasteiger partial charge in [-0.25, -0.2) is 29.9 Å².